The average molecular weight is 392 g/mol. The Labute approximate surface area is 172 Å². The summed E-state index contributed by atoms with van der Waals surface area (Å²) in [6.07, 6.45) is -0.116. The van der Waals surface area contributed by atoms with Crippen molar-refractivity contribution in [3.8, 4) is 0 Å². The van der Waals surface area contributed by atoms with Crippen molar-refractivity contribution >= 4 is 5.91 Å². The van der Waals surface area contributed by atoms with Gasteiger partial charge in [-0.2, -0.15) is 0 Å². The number of carbonyl (C=O) groups is 1. The quantitative estimate of drug-likeness (QED) is 0.644. The minimum atomic E-state index is -0.766. The molecule has 29 heavy (non-hydrogen) atoms. The smallest absolute Gasteiger partial charge is 0.289 e. The van der Waals surface area contributed by atoms with E-state index in [0.29, 0.717) is 6.42 Å². The van der Waals surface area contributed by atoms with Crippen molar-refractivity contribution in [1.82, 2.24) is 4.90 Å². The fourth-order valence-corrected chi connectivity index (χ4v) is 3.75. The van der Waals surface area contributed by atoms with Crippen LogP contribution in [0.15, 0.2) is 59.0 Å². The summed E-state index contributed by atoms with van der Waals surface area (Å²) in [5, 5.41) is 10.6. The van der Waals surface area contributed by atoms with Gasteiger partial charge in [-0.25, -0.2) is 0 Å². The van der Waals surface area contributed by atoms with E-state index in [-0.39, 0.29) is 17.7 Å². The van der Waals surface area contributed by atoms with Gasteiger partial charge < -0.3 is 14.4 Å². The van der Waals surface area contributed by atoms with Crippen molar-refractivity contribution in [1.29, 1.82) is 0 Å². The maximum Gasteiger partial charge on any atom is 0.289 e. The van der Waals surface area contributed by atoms with Crippen molar-refractivity contribution in [3.63, 3.8) is 0 Å². The number of carbonyl (C=O) groups excluding carboxylic acids is 1. The number of aliphatic hydroxyl groups excluding tert-OH is 1. The van der Waals surface area contributed by atoms with E-state index in [1.807, 2.05) is 43.3 Å². The largest absolute Gasteiger partial charge is 0.456 e. The van der Waals surface area contributed by atoms with Crippen molar-refractivity contribution in [3.05, 3.63) is 93.9 Å². The molecule has 4 nitrogen and oxygen atoms in total. The Morgan fingerprint density at radius 2 is 1.66 bits per heavy atom. The van der Waals surface area contributed by atoms with E-state index in [1.165, 1.54) is 27.2 Å². The molecule has 0 aliphatic rings. The van der Waals surface area contributed by atoms with Gasteiger partial charge in [-0.1, -0.05) is 48.0 Å². The Balaban J connectivity index is 1.73. The van der Waals surface area contributed by atoms with Crippen molar-refractivity contribution in [2.45, 2.75) is 46.3 Å². The van der Waals surface area contributed by atoms with E-state index in [9.17, 15) is 9.90 Å². The second kappa shape index (κ2) is 8.66. The summed E-state index contributed by atoms with van der Waals surface area (Å²) in [6, 6.07) is 16.9. The summed E-state index contributed by atoms with van der Waals surface area (Å²) in [4.78, 5) is 14.4. The first-order valence-electron chi connectivity index (χ1n) is 9.93. The van der Waals surface area contributed by atoms with E-state index in [2.05, 4.69) is 32.9 Å². The zero-order valence-electron chi connectivity index (χ0n) is 17.8. The molecule has 0 saturated heterocycles. The van der Waals surface area contributed by atoms with E-state index in [1.54, 1.807) is 13.1 Å². The number of hydrogen-bond acceptors (Lipinski definition) is 3. The van der Waals surface area contributed by atoms with Crippen LogP contribution in [-0.2, 0) is 6.42 Å². The fraction of sp³-hybridized carbons (Fsp3) is 0.320. The van der Waals surface area contributed by atoms with E-state index < -0.39 is 6.10 Å². The van der Waals surface area contributed by atoms with Crippen LogP contribution in [0.25, 0.3) is 0 Å². The molecule has 0 fully saturated rings. The molecule has 152 valence electrons. The van der Waals surface area contributed by atoms with Gasteiger partial charge in [0.05, 0.1) is 12.1 Å². The number of amides is 1. The molecule has 3 aromatic rings. The summed E-state index contributed by atoms with van der Waals surface area (Å²) < 4.78 is 5.87. The highest BCUT2D eigenvalue weighted by atomic mass is 16.4. The third-order valence-corrected chi connectivity index (χ3v) is 5.59. The van der Waals surface area contributed by atoms with Gasteiger partial charge in [-0.3, -0.25) is 4.79 Å². The normalized spacial score (nSPS) is 13.2. The van der Waals surface area contributed by atoms with Gasteiger partial charge in [-0.05, 0) is 62.1 Å². The molecule has 2 aromatic carbocycles. The lowest BCUT2D eigenvalue weighted by Crippen LogP contribution is -2.38. The molecule has 3 rings (SSSR count). The van der Waals surface area contributed by atoms with E-state index in [0.717, 1.165) is 11.3 Å². The number of furan rings is 1. The number of benzene rings is 2. The maximum atomic E-state index is 12.9. The van der Waals surface area contributed by atoms with E-state index in [4.69, 9.17) is 4.42 Å². The molecule has 4 heteroatoms. The first-order valence-corrected chi connectivity index (χ1v) is 9.93. The van der Waals surface area contributed by atoms with Crippen molar-refractivity contribution < 1.29 is 14.3 Å². The lowest BCUT2D eigenvalue weighted by molar-refractivity contribution is 0.0460. The molecule has 0 saturated carbocycles. The van der Waals surface area contributed by atoms with Crippen LogP contribution in [0.1, 0.15) is 57.2 Å². The van der Waals surface area contributed by atoms with Crippen LogP contribution in [0.2, 0.25) is 0 Å². The first-order chi connectivity index (χ1) is 13.8. The maximum absolute atomic E-state index is 12.9. The first kappa shape index (κ1) is 20.9. The Morgan fingerprint density at radius 1 is 1.03 bits per heavy atom. The summed E-state index contributed by atoms with van der Waals surface area (Å²) in [5.41, 5.74) is 5.70. The number of hydrogen-bond donors (Lipinski definition) is 1. The number of likely N-dealkylation sites (N-methyl/N-ethyl adjacent to an activating group) is 1. The van der Waals surface area contributed by atoms with Gasteiger partial charge in [0.15, 0.2) is 5.76 Å². The number of aliphatic hydroxyl groups is 1. The summed E-state index contributed by atoms with van der Waals surface area (Å²) >= 11 is 0. The van der Waals surface area contributed by atoms with Crippen LogP contribution < -0.4 is 0 Å². The second-order valence-electron chi connectivity index (χ2n) is 7.83. The average Bonchev–Trinajstić information content (AvgIpc) is 3.17. The fourth-order valence-electron chi connectivity index (χ4n) is 3.75. The zero-order chi connectivity index (χ0) is 21.1. The van der Waals surface area contributed by atoms with Crippen molar-refractivity contribution in [2.24, 2.45) is 0 Å². The highest BCUT2D eigenvalue weighted by Crippen LogP contribution is 2.24. The molecule has 0 bridgehead atoms. The van der Waals surface area contributed by atoms with Crippen LogP contribution in [0, 0.1) is 20.8 Å². The molecule has 1 amide bonds. The van der Waals surface area contributed by atoms with Gasteiger partial charge in [0, 0.05) is 13.5 Å². The third-order valence-electron chi connectivity index (χ3n) is 5.59. The van der Waals surface area contributed by atoms with Gasteiger partial charge in [0.25, 0.3) is 5.91 Å². The minimum absolute atomic E-state index is 0.240. The molecular weight excluding hydrogens is 362 g/mol. The monoisotopic (exact) mass is 391 g/mol. The molecule has 0 spiro atoms. The van der Waals surface area contributed by atoms with Crippen LogP contribution in [0.4, 0.5) is 0 Å². The molecule has 0 radical (unpaired) electrons. The van der Waals surface area contributed by atoms with Gasteiger partial charge in [0.2, 0.25) is 0 Å². The molecule has 0 aliphatic carbocycles. The van der Waals surface area contributed by atoms with Crippen LogP contribution in [0.3, 0.4) is 0 Å². The number of aryl methyl sites for hydroxylation is 3. The Bertz CT molecular complexity index is 967. The van der Waals surface area contributed by atoms with Crippen LogP contribution in [0.5, 0.6) is 0 Å². The topological polar surface area (TPSA) is 53.7 Å². The van der Waals surface area contributed by atoms with Crippen molar-refractivity contribution in [2.75, 3.05) is 7.05 Å². The molecular formula is C25H29NO3. The predicted octanol–water partition coefficient (Wildman–Crippen LogP) is 4.99. The minimum Gasteiger partial charge on any atom is -0.456 e. The van der Waals surface area contributed by atoms with E-state index >= 15 is 0 Å². The number of nitrogens with zero attached hydrogens (tertiary/aromatic N) is 1. The summed E-state index contributed by atoms with van der Waals surface area (Å²) in [7, 11) is 1.69. The van der Waals surface area contributed by atoms with Crippen LogP contribution >= 0.6 is 0 Å². The lowest BCUT2D eigenvalue weighted by atomic mass is 9.97. The lowest BCUT2D eigenvalue weighted by Gasteiger charge is -2.28. The third kappa shape index (κ3) is 4.60. The Kier molecular flexibility index (Phi) is 6.23. The zero-order valence-corrected chi connectivity index (χ0v) is 17.8. The predicted molar refractivity (Wildman–Crippen MR) is 115 cm³/mol. The van der Waals surface area contributed by atoms with Gasteiger partial charge in [0.1, 0.15) is 5.76 Å². The standard InChI is InChI=1S/C25H29NO3/c1-16-13-17(2)22(18(3)14-16)15-21-11-12-23(29-21)25(28)26(5)19(4)24(27)20-9-7-6-8-10-20/h6-14,19,24,27H,15H2,1-5H3/t19?,24-/m0/s1. The Morgan fingerprint density at radius 3 is 2.28 bits per heavy atom. The molecule has 1 N–H and O–H groups in total. The Hall–Kier alpha value is -2.85. The highest BCUT2D eigenvalue weighted by Gasteiger charge is 2.26. The van der Waals surface area contributed by atoms with Gasteiger partial charge >= 0.3 is 0 Å². The molecule has 1 unspecified atom stereocenters. The molecule has 0 aliphatic heterocycles. The van der Waals surface area contributed by atoms with Gasteiger partial charge in [-0.15, -0.1) is 0 Å². The summed E-state index contributed by atoms with van der Waals surface area (Å²) in [6.45, 7) is 8.13. The van der Waals surface area contributed by atoms with Crippen LogP contribution in [-0.4, -0.2) is 29.0 Å². The highest BCUT2D eigenvalue weighted by molar-refractivity contribution is 5.91. The SMILES string of the molecule is Cc1cc(C)c(Cc2ccc(C(=O)N(C)C(C)[C@H](O)c3ccccc3)o2)c(C)c1. The molecule has 2 atom stereocenters. The number of rotatable bonds is 6. The summed E-state index contributed by atoms with van der Waals surface area (Å²) in [5.74, 6) is 0.807. The molecule has 1 aromatic heterocycles. The second-order valence-corrected chi connectivity index (χ2v) is 7.83. The molecule has 1 heterocycles.